The second-order valence-corrected chi connectivity index (χ2v) is 8.61. The molecule has 2 aromatic rings. The van der Waals surface area contributed by atoms with E-state index in [0.717, 1.165) is 43.1 Å². The fourth-order valence-corrected chi connectivity index (χ4v) is 4.07. The fraction of sp³-hybridized carbons (Fsp3) is 0.421. The first-order valence-corrected chi connectivity index (χ1v) is 10.4. The van der Waals surface area contributed by atoms with Gasteiger partial charge in [0.25, 0.3) is 10.0 Å². The summed E-state index contributed by atoms with van der Waals surface area (Å²) in [6.07, 6.45) is 1.60. The number of hydrogen-bond donors (Lipinski definition) is 2. The molecular formula is C19H27ClN4O2S. The maximum atomic E-state index is 12.7. The molecule has 27 heavy (non-hydrogen) atoms. The van der Waals surface area contributed by atoms with Crippen molar-refractivity contribution < 1.29 is 8.42 Å². The van der Waals surface area contributed by atoms with E-state index in [-0.39, 0.29) is 17.3 Å². The molecule has 1 aliphatic rings. The van der Waals surface area contributed by atoms with Crippen LogP contribution in [0, 0.1) is 6.92 Å². The van der Waals surface area contributed by atoms with E-state index < -0.39 is 10.0 Å². The number of sulfonamides is 1. The van der Waals surface area contributed by atoms with Gasteiger partial charge in [-0.25, -0.2) is 13.4 Å². The molecule has 1 saturated heterocycles. The predicted octanol–water partition coefficient (Wildman–Crippen LogP) is 3.15. The standard InChI is InChI=1S/C19H26N4O2S.ClH/c1-14(2)16-4-6-17(7-5-16)26(24,25)22-18-13-21-19(12-15(18)3)23-10-8-20-9-11-23;/h4-7,12-14,20,22H,8-11H2,1-3H3;1H. The summed E-state index contributed by atoms with van der Waals surface area (Å²) < 4.78 is 28.0. The molecular weight excluding hydrogens is 384 g/mol. The van der Waals surface area contributed by atoms with Crippen LogP contribution in [0.1, 0.15) is 30.9 Å². The van der Waals surface area contributed by atoms with Crippen LogP contribution in [0.5, 0.6) is 0 Å². The van der Waals surface area contributed by atoms with E-state index in [4.69, 9.17) is 0 Å². The number of aryl methyl sites for hydroxylation is 1. The van der Waals surface area contributed by atoms with Crippen molar-refractivity contribution in [2.24, 2.45) is 0 Å². The molecule has 0 amide bonds. The smallest absolute Gasteiger partial charge is 0.261 e. The minimum Gasteiger partial charge on any atom is -0.354 e. The average molecular weight is 411 g/mol. The molecule has 0 bridgehead atoms. The van der Waals surface area contributed by atoms with E-state index in [2.05, 4.69) is 33.8 Å². The molecule has 1 aromatic carbocycles. The zero-order valence-corrected chi connectivity index (χ0v) is 17.5. The van der Waals surface area contributed by atoms with Gasteiger partial charge >= 0.3 is 0 Å². The Morgan fingerprint density at radius 1 is 1.15 bits per heavy atom. The first kappa shape index (κ1) is 21.5. The lowest BCUT2D eigenvalue weighted by molar-refractivity contribution is 0.585. The van der Waals surface area contributed by atoms with Gasteiger partial charge in [-0.2, -0.15) is 0 Å². The maximum Gasteiger partial charge on any atom is 0.261 e. The number of benzene rings is 1. The van der Waals surface area contributed by atoms with Gasteiger partial charge in [0.1, 0.15) is 5.82 Å². The van der Waals surface area contributed by atoms with Crippen molar-refractivity contribution in [1.82, 2.24) is 10.3 Å². The van der Waals surface area contributed by atoms with Crippen molar-refractivity contribution in [1.29, 1.82) is 0 Å². The van der Waals surface area contributed by atoms with E-state index in [1.54, 1.807) is 18.3 Å². The number of hydrogen-bond acceptors (Lipinski definition) is 5. The lowest BCUT2D eigenvalue weighted by Gasteiger charge is -2.28. The van der Waals surface area contributed by atoms with Crippen molar-refractivity contribution in [2.75, 3.05) is 35.8 Å². The molecule has 0 radical (unpaired) electrons. The Bertz CT molecular complexity index is 864. The van der Waals surface area contributed by atoms with Crippen LogP contribution < -0.4 is 14.9 Å². The average Bonchev–Trinajstić information content (AvgIpc) is 2.64. The summed E-state index contributed by atoms with van der Waals surface area (Å²) in [4.78, 5) is 6.91. The van der Waals surface area contributed by atoms with Crippen LogP contribution in [0.3, 0.4) is 0 Å². The van der Waals surface area contributed by atoms with Gasteiger partial charge in [0.05, 0.1) is 16.8 Å². The molecule has 0 unspecified atom stereocenters. The Morgan fingerprint density at radius 2 is 1.78 bits per heavy atom. The minimum absolute atomic E-state index is 0. The summed E-state index contributed by atoms with van der Waals surface area (Å²) in [6.45, 7) is 9.73. The second-order valence-electron chi connectivity index (χ2n) is 6.92. The van der Waals surface area contributed by atoms with E-state index in [1.807, 2.05) is 25.1 Å². The Hall–Kier alpha value is -1.83. The Morgan fingerprint density at radius 3 is 2.33 bits per heavy atom. The first-order chi connectivity index (χ1) is 12.4. The number of halogens is 1. The van der Waals surface area contributed by atoms with Crippen LogP contribution in [0.25, 0.3) is 0 Å². The SMILES string of the molecule is Cc1cc(N2CCNCC2)ncc1NS(=O)(=O)c1ccc(C(C)C)cc1.Cl. The molecule has 1 fully saturated rings. The van der Waals surface area contributed by atoms with Crippen molar-refractivity contribution >= 4 is 33.9 Å². The Kier molecular flexibility index (Phi) is 7.08. The molecule has 3 rings (SSSR count). The predicted molar refractivity (Wildman–Crippen MR) is 113 cm³/mol. The fourth-order valence-electron chi connectivity index (χ4n) is 2.95. The summed E-state index contributed by atoms with van der Waals surface area (Å²) >= 11 is 0. The number of nitrogens with zero attached hydrogens (tertiary/aromatic N) is 2. The molecule has 0 saturated carbocycles. The molecule has 0 spiro atoms. The van der Waals surface area contributed by atoms with Gasteiger partial charge in [-0.15, -0.1) is 12.4 Å². The monoisotopic (exact) mass is 410 g/mol. The summed E-state index contributed by atoms with van der Waals surface area (Å²) in [5, 5.41) is 3.31. The largest absolute Gasteiger partial charge is 0.354 e. The minimum atomic E-state index is -3.63. The molecule has 148 valence electrons. The van der Waals surface area contributed by atoms with E-state index >= 15 is 0 Å². The van der Waals surface area contributed by atoms with Crippen LogP contribution in [-0.4, -0.2) is 39.6 Å². The zero-order chi connectivity index (χ0) is 18.7. The highest BCUT2D eigenvalue weighted by atomic mass is 35.5. The summed E-state index contributed by atoms with van der Waals surface area (Å²) in [5.74, 6) is 1.25. The third-order valence-corrected chi connectivity index (χ3v) is 6.02. The number of nitrogens with one attached hydrogen (secondary N) is 2. The van der Waals surface area contributed by atoms with Gasteiger partial charge in [0, 0.05) is 26.2 Å². The van der Waals surface area contributed by atoms with E-state index in [0.29, 0.717) is 11.6 Å². The van der Waals surface area contributed by atoms with Crippen molar-refractivity contribution in [3.05, 3.63) is 47.7 Å². The van der Waals surface area contributed by atoms with Gasteiger partial charge in [0.2, 0.25) is 0 Å². The van der Waals surface area contributed by atoms with Crippen molar-refractivity contribution in [3.63, 3.8) is 0 Å². The van der Waals surface area contributed by atoms with E-state index in [1.165, 1.54) is 0 Å². The van der Waals surface area contributed by atoms with Gasteiger partial charge < -0.3 is 10.2 Å². The van der Waals surface area contributed by atoms with Gasteiger partial charge in [-0.3, -0.25) is 4.72 Å². The molecule has 6 nitrogen and oxygen atoms in total. The quantitative estimate of drug-likeness (QED) is 0.792. The van der Waals surface area contributed by atoms with Crippen molar-refractivity contribution in [3.8, 4) is 0 Å². The zero-order valence-electron chi connectivity index (χ0n) is 15.9. The molecule has 2 N–H and O–H groups in total. The van der Waals surface area contributed by atoms with Crippen LogP contribution in [0.2, 0.25) is 0 Å². The highest BCUT2D eigenvalue weighted by molar-refractivity contribution is 7.92. The summed E-state index contributed by atoms with van der Waals surface area (Å²) in [7, 11) is -3.63. The number of piperazine rings is 1. The van der Waals surface area contributed by atoms with Crippen LogP contribution in [-0.2, 0) is 10.0 Å². The Balaban J connectivity index is 0.00000261. The third-order valence-electron chi connectivity index (χ3n) is 4.64. The molecule has 0 aliphatic carbocycles. The molecule has 0 atom stereocenters. The number of anilines is 2. The first-order valence-electron chi connectivity index (χ1n) is 8.92. The third kappa shape index (κ3) is 5.12. The lowest BCUT2D eigenvalue weighted by atomic mass is 10.0. The normalized spacial score (nSPS) is 14.7. The number of rotatable bonds is 5. The van der Waals surface area contributed by atoms with Crippen LogP contribution >= 0.6 is 12.4 Å². The Labute approximate surface area is 167 Å². The van der Waals surface area contributed by atoms with Crippen LogP contribution in [0.4, 0.5) is 11.5 Å². The lowest BCUT2D eigenvalue weighted by Crippen LogP contribution is -2.43. The molecule has 1 aromatic heterocycles. The summed E-state index contributed by atoms with van der Waals surface area (Å²) in [5.41, 5.74) is 2.48. The van der Waals surface area contributed by atoms with Crippen LogP contribution in [0.15, 0.2) is 41.4 Å². The number of aromatic nitrogens is 1. The van der Waals surface area contributed by atoms with Crippen molar-refractivity contribution in [2.45, 2.75) is 31.6 Å². The topological polar surface area (TPSA) is 74.3 Å². The molecule has 8 heteroatoms. The second kappa shape index (κ2) is 8.91. The van der Waals surface area contributed by atoms with Gasteiger partial charge in [0.15, 0.2) is 0 Å². The molecule has 1 aliphatic heterocycles. The molecule has 2 heterocycles. The maximum absolute atomic E-state index is 12.7. The van der Waals surface area contributed by atoms with Gasteiger partial charge in [-0.1, -0.05) is 26.0 Å². The highest BCUT2D eigenvalue weighted by Gasteiger charge is 2.17. The van der Waals surface area contributed by atoms with Gasteiger partial charge in [-0.05, 0) is 42.2 Å². The number of pyridine rings is 1. The van der Waals surface area contributed by atoms with E-state index in [9.17, 15) is 8.42 Å². The summed E-state index contributed by atoms with van der Waals surface area (Å²) in [6, 6.07) is 8.95. The highest BCUT2D eigenvalue weighted by Crippen LogP contribution is 2.24.